The number of hydrogen-bond donors (Lipinski definition) is 1. The number of anilines is 1. The van der Waals surface area contributed by atoms with E-state index in [4.69, 9.17) is 5.11 Å². The van der Waals surface area contributed by atoms with Gasteiger partial charge in [-0.05, 0) is 48.7 Å². The van der Waals surface area contributed by atoms with E-state index in [0.29, 0.717) is 30.0 Å². The van der Waals surface area contributed by atoms with Crippen LogP contribution in [0, 0.1) is 6.92 Å². The van der Waals surface area contributed by atoms with Gasteiger partial charge in [0.25, 0.3) is 0 Å². The molecule has 1 aliphatic rings. The van der Waals surface area contributed by atoms with Crippen LogP contribution < -0.4 is 4.90 Å². The van der Waals surface area contributed by atoms with E-state index >= 15 is 0 Å². The van der Waals surface area contributed by atoms with Gasteiger partial charge >= 0.3 is 12.1 Å². The Labute approximate surface area is 184 Å². The number of alkyl halides is 3. The quantitative estimate of drug-likeness (QED) is 0.697. The molecule has 0 bridgehead atoms. The Bertz CT molecular complexity index is 1090. The van der Waals surface area contributed by atoms with Crippen LogP contribution in [0.3, 0.4) is 0 Å². The summed E-state index contributed by atoms with van der Waals surface area (Å²) in [6.45, 7) is 4.27. The number of sulfonamides is 1. The van der Waals surface area contributed by atoms with Gasteiger partial charge in [-0.1, -0.05) is 12.1 Å². The summed E-state index contributed by atoms with van der Waals surface area (Å²) in [5.74, 6) is -0.558. The average molecular weight is 472 g/mol. The van der Waals surface area contributed by atoms with Crippen molar-refractivity contribution in [3.8, 4) is 0 Å². The Morgan fingerprint density at radius 3 is 2.50 bits per heavy atom. The summed E-state index contributed by atoms with van der Waals surface area (Å²) in [5.41, 5.74) is 1.20. The summed E-state index contributed by atoms with van der Waals surface area (Å²) in [6, 6.07) is 6.93. The third-order valence-corrected chi connectivity index (χ3v) is 7.38. The maximum Gasteiger partial charge on any atom is 0.393 e. The first-order valence-corrected chi connectivity index (χ1v) is 11.4. The minimum atomic E-state index is -4.31. The highest BCUT2D eigenvalue weighted by Crippen LogP contribution is 2.26. The number of carboxylic acids is 1. The molecule has 0 saturated carbocycles. The number of benzene rings is 1. The van der Waals surface area contributed by atoms with E-state index in [-0.39, 0.29) is 23.4 Å². The first-order valence-electron chi connectivity index (χ1n) is 9.96. The number of halogens is 3. The van der Waals surface area contributed by atoms with Crippen molar-refractivity contribution in [2.75, 3.05) is 24.5 Å². The van der Waals surface area contributed by atoms with Gasteiger partial charge in [-0.25, -0.2) is 13.4 Å². The number of hydrogen-bond acceptors (Lipinski definition) is 5. The molecule has 1 saturated heterocycles. The number of carboxylic acid groups (broad SMARTS) is 1. The number of pyridine rings is 1. The highest BCUT2D eigenvalue weighted by molar-refractivity contribution is 7.89. The molecule has 2 heterocycles. The van der Waals surface area contributed by atoms with Crippen molar-refractivity contribution in [1.82, 2.24) is 9.29 Å². The standard InChI is InChI=1S/C21H24F3N3O4S/c1-14-3-5-18(9-17(14)10-20(28)29)32(30,31)27-8-7-26(13-15(27)2)19-6-4-16(12-25-19)11-21(22,23)24/h3-6,9,12,15H,7-8,10-11,13H2,1-2H3,(H,28,29). The van der Waals surface area contributed by atoms with Crippen LogP contribution in [0.2, 0.25) is 0 Å². The zero-order valence-electron chi connectivity index (χ0n) is 17.6. The third-order valence-electron chi connectivity index (χ3n) is 5.37. The molecule has 1 fully saturated rings. The monoisotopic (exact) mass is 471 g/mol. The maximum absolute atomic E-state index is 13.2. The van der Waals surface area contributed by atoms with Gasteiger partial charge < -0.3 is 10.0 Å². The van der Waals surface area contributed by atoms with Gasteiger partial charge in [-0.15, -0.1) is 0 Å². The molecule has 2 aromatic rings. The van der Waals surface area contributed by atoms with E-state index in [1.807, 2.05) is 4.90 Å². The summed E-state index contributed by atoms with van der Waals surface area (Å²) < 4.78 is 65.3. The summed E-state index contributed by atoms with van der Waals surface area (Å²) in [4.78, 5) is 17.1. The molecule has 0 amide bonds. The van der Waals surface area contributed by atoms with Crippen LogP contribution in [0.1, 0.15) is 23.6 Å². The van der Waals surface area contributed by atoms with Crippen molar-refractivity contribution in [2.45, 2.75) is 43.8 Å². The molecule has 7 nitrogen and oxygen atoms in total. The van der Waals surface area contributed by atoms with Crippen LogP contribution in [-0.2, 0) is 27.7 Å². The van der Waals surface area contributed by atoms with Gasteiger partial charge in [0.2, 0.25) is 10.0 Å². The second-order valence-corrected chi connectivity index (χ2v) is 9.78. The molecule has 0 radical (unpaired) electrons. The van der Waals surface area contributed by atoms with E-state index in [2.05, 4.69) is 4.98 Å². The number of aliphatic carboxylic acids is 1. The normalized spacial score (nSPS) is 18.0. The molecule has 32 heavy (non-hydrogen) atoms. The number of aryl methyl sites for hydroxylation is 1. The molecular weight excluding hydrogens is 447 g/mol. The topological polar surface area (TPSA) is 90.8 Å². The predicted octanol–water partition coefficient (Wildman–Crippen LogP) is 3.02. The highest BCUT2D eigenvalue weighted by Gasteiger charge is 2.34. The van der Waals surface area contributed by atoms with Gasteiger partial charge in [-0.3, -0.25) is 4.79 Å². The third kappa shape index (κ3) is 5.57. The van der Waals surface area contributed by atoms with Crippen LogP contribution in [0.25, 0.3) is 0 Å². The van der Waals surface area contributed by atoms with E-state index in [1.165, 1.54) is 34.8 Å². The molecule has 0 aliphatic carbocycles. The minimum Gasteiger partial charge on any atom is -0.481 e. The van der Waals surface area contributed by atoms with Crippen LogP contribution in [0.5, 0.6) is 0 Å². The number of aromatic nitrogens is 1. The fourth-order valence-electron chi connectivity index (χ4n) is 3.74. The molecule has 1 aromatic heterocycles. The van der Waals surface area contributed by atoms with Gasteiger partial charge in [0, 0.05) is 31.9 Å². The van der Waals surface area contributed by atoms with E-state index in [1.54, 1.807) is 19.9 Å². The van der Waals surface area contributed by atoms with Gasteiger partial charge in [-0.2, -0.15) is 17.5 Å². The van der Waals surface area contributed by atoms with Crippen LogP contribution >= 0.6 is 0 Å². The number of piperazine rings is 1. The second kappa shape index (κ2) is 9.07. The lowest BCUT2D eigenvalue weighted by Crippen LogP contribution is -2.54. The lowest BCUT2D eigenvalue weighted by atomic mass is 10.1. The zero-order valence-corrected chi connectivity index (χ0v) is 18.4. The molecule has 1 aromatic carbocycles. The lowest BCUT2D eigenvalue weighted by Gasteiger charge is -2.39. The minimum absolute atomic E-state index is 0.0364. The Balaban J connectivity index is 1.74. The molecule has 1 N–H and O–H groups in total. The molecule has 1 atom stereocenters. The Kier molecular flexibility index (Phi) is 6.80. The molecule has 0 spiro atoms. The maximum atomic E-state index is 13.2. The van der Waals surface area contributed by atoms with Crippen LogP contribution in [-0.4, -0.2) is 60.6 Å². The molecular formula is C21H24F3N3O4S. The van der Waals surface area contributed by atoms with Gasteiger partial charge in [0.05, 0.1) is 17.7 Å². The Hall–Kier alpha value is -2.66. The molecule has 11 heteroatoms. The lowest BCUT2D eigenvalue weighted by molar-refractivity contribution is -0.136. The summed E-state index contributed by atoms with van der Waals surface area (Å²) in [6.07, 6.45) is -4.44. The molecule has 174 valence electrons. The fourth-order valence-corrected chi connectivity index (χ4v) is 5.41. The SMILES string of the molecule is Cc1ccc(S(=O)(=O)N2CCN(c3ccc(CC(F)(F)F)cn3)CC2C)cc1CC(=O)O. The van der Waals surface area contributed by atoms with Crippen molar-refractivity contribution in [2.24, 2.45) is 0 Å². The van der Waals surface area contributed by atoms with Crippen molar-refractivity contribution in [3.05, 3.63) is 53.2 Å². The van der Waals surface area contributed by atoms with Crippen molar-refractivity contribution in [3.63, 3.8) is 0 Å². The van der Waals surface area contributed by atoms with Crippen LogP contribution in [0.4, 0.5) is 19.0 Å². The van der Waals surface area contributed by atoms with Gasteiger partial charge in [0.15, 0.2) is 0 Å². The predicted molar refractivity (Wildman–Crippen MR) is 112 cm³/mol. The molecule has 1 unspecified atom stereocenters. The summed E-state index contributed by atoms with van der Waals surface area (Å²) in [7, 11) is -3.85. The first-order chi connectivity index (χ1) is 14.9. The van der Waals surface area contributed by atoms with E-state index in [9.17, 15) is 26.4 Å². The summed E-state index contributed by atoms with van der Waals surface area (Å²) in [5, 5.41) is 9.06. The van der Waals surface area contributed by atoms with E-state index < -0.39 is 34.6 Å². The van der Waals surface area contributed by atoms with E-state index in [0.717, 1.165) is 0 Å². The smallest absolute Gasteiger partial charge is 0.393 e. The van der Waals surface area contributed by atoms with Crippen LogP contribution in [0.15, 0.2) is 41.4 Å². The largest absolute Gasteiger partial charge is 0.481 e. The zero-order chi connectivity index (χ0) is 23.7. The average Bonchev–Trinajstić information content (AvgIpc) is 2.68. The number of nitrogens with zero attached hydrogens (tertiary/aromatic N) is 3. The number of rotatable bonds is 6. The molecule has 1 aliphatic heterocycles. The van der Waals surface area contributed by atoms with Crippen molar-refractivity contribution >= 4 is 21.8 Å². The fraction of sp³-hybridized carbons (Fsp3) is 0.429. The molecule has 3 rings (SSSR count). The second-order valence-electron chi connectivity index (χ2n) is 7.89. The van der Waals surface area contributed by atoms with Crippen molar-refractivity contribution in [1.29, 1.82) is 0 Å². The van der Waals surface area contributed by atoms with Gasteiger partial charge in [0.1, 0.15) is 5.82 Å². The Morgan fingerprint density at radius 1 is 1.22 bits per heavy atom. The highest BCUT2D eigenvalue weighted by atomic mass is 32.2. The first kappa shape index (κ1) is 24.0. The Morgan fingerprint density at radius 2 is 1.94 bits per heavy atom. The van der Waals surface area contributed by atoms with Crippen molar-refractivity contribution < 1.29 is 31.5 Å². The number of carbonyl (C=O) groups is 1. The summed E-state index contributed by atoms with van der Waals surface area (Å²) >= 11 is 0.